The number of ketones is 1. The van der Waals surface area contributed by atoms with E-state index in [4.69, 9.17) is 0 Å². The molecule has 0 aliphatic heterocycles. The first-order chi connectivity index (χ1) is 11.2. The Morgan fingerprint density at radius 2 is 2.22 bits per heavy atom. The van der Waals surface area contributed by atoms with E-state index in [-0.39, 0.29) is 11.4 Å². The number of hydrogen-bond donors (Lipinski definition) is 1. The number of Topliss-reactive ketones (excluding diaryl/α,β-unsaturated/α-hetero) is 1. The van der Waals surface area contributed by atoms with Crippen molar-refractivity contribution >= 4 is 22.8 Å². The van der Waals surface area contributed by atoms with Crippen molar-refractivity contribution in [3.8, 4) is 6.07 Å². The van der Waals surface area contributed by atoms with Crippen molar-refractivity contribution in [3.05, 3.63) is 71.2 Å². The van der Waals surface area contributed by atoms with E-state index in [1.54, 1.807) is 30.7 Å². The maximum atomic E-state index is 12.7. The Labute approximate surface area is 134 Å². The first-order valence-electron chi connectivity index (χ1n) is 7.40. The van der Waals surface area contributed by atoms with Gasteiger partial charge in [0.05, 0.1) is 0 Å². The van der Waals surface area contributed by atoms with Crippen LogP contribution < -0.4 is 0 Å². The van der Waals surface area contributed by atoms with Crippen LogP contribution in [0.1, 0.15) is 28.4 Å². The summed E-state index contributed by atoms with van der Waals surface area (Å²) in [6, 6.07) is 11.4. The van der Waals surface area contributed by atoms with Gasteiger partial charge >= 0.3 is 0 Å². The van der Waals surface area contributed by atoms with Crippen molar-refractivity contribution in [1.29, 1.82) is 5.26 Å². The van der Waals surface area contributed by atoms with Crippen LogP contribution in [-0.2, 0) is 6.42 Å². The standard InChI is InChI=1S/C19H15N3O/c1-2-14-6-3-7-16-17(12-22-18(14)16)19(23)15(10-20)9-13-5-4-8-21-11-13/h3-9,11-12,22H,2H2,1H3/b15-9+. The van der Waals surface area contributed by atoms with Gasteiger partial charge in [-0.25, -0.2) is 0 Å². The molecule has 0 aliphatic carbocycles. The lowest BCUT2D eigenvalue weighted by Crippen LogP contribution is -2.01. The molecular formula is C19H15N3O. The second-order valence-electron chi connectivity index (χ2n) is 5.18. The summed E-state index contributed by atoms with van der Waals surface area (Å²) in [4.78, 5) is 19.9. The number of nitrogens with zero attached hydrogens (tertiary/aromatic N) is 2. The summed E-state index contributed by atoms with van der Waals surface area (Å²) in [6.45, 7) is 2.07. The minimum atomic E-state index is -0.282. The summed E-state index contributed by atoms with van der Waals surface area (Å²) in [5.41, 5.74) is 3.45. The Morgan fingerprint density at radius 3 is 2.91 bits per heavy atom. The number of nitriles is 1. The average Bonchev–Trinajstić information content (AvgIpc) is 3.04. The van der Waals surface area contributed by atoms with Gasteiger partial charge in [-0.1, -0.05) is 31.2 Å². The highest BCUT2D eigenvalue weighted by Crippen LogP contribution is 2.24. The van der Waals surface area contributed by atoms with Crippen molar-refractivity contribution in [2.75, 3.05) is 0 Å². The molecule has 0 saturated carbocycles. The van der Waals surface area contributed by atoms with Crippen LogP contribution in [0.15, 0.2) is 54.5 Å². The molecule has 0 amide bonds. The van der Waals surface area contributed by atoms with Crippen molar-refractivity contribution in [2.45, 2.75) is 13.3 Å². The minimum absolute atomic E-state index is 0.0980. The number of fused-ring (bicyclic) bond motifs is 1. The van der Waals surface area contributed by atoms with Crippen LogP contribution in [0.4, 0.5) is 0 Å². The van der Waals surface area contributed by atoms with Gasteiger partial charge < -0.3 is 4.98 Å². The average molecular weight is 301 g/mol. The van der Waals surface area contributed by atoms with Crippen LogP contribution in [-0.4, -0.2) is 15.8 Å². The number of allylic oxidation sites excluding steroid dienone is 1. The van der Waals surface area contributed by atoms with Gasteiger partial charge in [-0.05, 0) is 29.7 Å². The SMILES string of the molecule is CCc1cccc2c(C(=O)/C(C#N)=C/c3cccnc3)c[nH]c12. The van der Waals surface area contributed by atoms with Gasteiger partial charge in [0.15, 0.2) is 0 Å². The predicted molar refractivity (Wildman–Crippen MR) is 89.8 cm³/mol. The number of para-hydroxylation sites is 1. The summed E-state index contributed by atoms with van der Waals surface area (Å²) < 4.78 is 0. The molecule has 1 N–H and O–H groups in total. The smallest absolute Gasteiger partial charge is 0.205 e. The molecule has 112 valence electrons. The summed E-state index contributed by atoms with van der Waals surface area (Å²) in [5, 5.41) is 10.2. The van der Waals surface area contributed by atoms with Crippen LogP contribution in [0.3, 0.4) is 0 Å². The highest BCUT2D eigenvalue weighted by Gasteiger charge is 2.17. The molecule has 1 aromatic carbocycles. The highest BCUT2D eigenvalue weighted by atomic mass is 16.1. The zero-order chi connectivity index (χ0) is 16.2. The zero-order valence-corrected chi connectivity index (χ0v) is 12.7. The van der Waals surface area contributed by atoms with Crippen molar-refractivity contribution in [3.63, 3.8) is 0 Å². The van der Waals surface area contributed by atoms with Gasteiger partial charge in [-0.2, -0.15) is 5.26 Å². The Morgan fingerprint density at radius 1 is 1.35 bits per heavy atom. The fourth-order valence-corrected chi connectivity index (χ4v) is 2.62. The van der Waals surface area contributed by atoms with Gasteiger partial charge in [0.25, 0.3) is 0 Å². The lowest BCUT2D eigenvalue weighted by Gasteiger charge is -2.01. The number of aryl methyl sites for hydroxylation is 1. The van der Waals surface area contributed by atoms with E-state index >= 15 is 0 Å². The number of nitrogens with one attached hydrogen (secondary N) is 1. The van der Waals surface area contributed by atoms with Gasteiger partial charge in [0, 0.05) is 35.1 Å². The molecule has 0 atom stereocenters. The predicted octanol–water partition coefficient (Wildman–Crippen LogP) is 3.92. The second-order valence-corrected chi connectivity index (χ2v) is 5.18. The summed E-state index contributed by atoms with van der Waals surface area (Å²) >= 11 is 0. The molecule has 0 fully saturated rings. The van der Waals surface area contributed by atoms with Crippen LogP contribution in [0.5, 0.6) is 0 Å². The number of hydrogen-bond acceptors (Lipinski definition) is 3. The van der Waals surface area contributed by atoms with Crippen LogP contribution >= 0.6 is 0 Å². The molecule has 2 aromatic heterocycles. The van der Waals surface area contributed by atoms with E-state index in [2.05, 4.69) is 16.9 Å². The van der Waals surface area contributed by atoms with E-state index in [0.29, 0.717) is 5.56 Å². The maximum absolute atomic E-state index is 12.7. The third-order valence-corrected chi connectivity index (χ3v) is 3.79. The third kappa shape index (κ3) is 2.77. The number of H-pyrrole nitrogens is 1. The summed E-state index contributed by atoms with van der Waals surface area (Å²) in [5.74, 6) is -0.282. The third-order valence-electron chi connectivity index (χ3n) is 3.79. The first-order valence-corrected chi connectivity index (χ1v) is 7.40. The normalized spacial score (nSPS) is 11.4. The van der Waals surface area contributed by atoms with Crippen LogP contribution in [0.2, 0.25) is 0 Å². The largest absolute Gasteiger partial charge is 0.360 e. The van der Waals surface area contributed by atoms with Gasteiger partial charge in [0.1, 0.15) is 11.6 Å². The minimum Gasteiger partial charge on any atom is -0.360 e. The van der Waals surface area contributed by atoms with Gasteiger partial charge in [0.2, 0.25) is 5.78 Å². The highest BCUT2D eigenvalue weighted by molar-refractivity contribution is 6.20. The quantitative estimate of drug-likeness (QED) is 0.451. The molecule has 4 heteroatoms. The Bertz CT molecular complexity index is 930. The molecule has 0 spiro atoms. The number of rotatable bonds is 4. The Kier molecular flexibility index (Phi) is 4.03. The van der Waals surface area contributed by atoms with Crippen molar-refractivity contribution < 1.29 is 4.79 Å². The monoisotopic (exact) mass is 301 g/mol. The molecule has 0 unspecified atom stereocenters. The van der Waals surface area contributed by atoms with Gasteiger partial charge in [-0.3, -0.25) is 9.78 Å². The fraction of sp³-hybridized carbons (Fsp3) is 0.105. The van der Waals surface area contributed by atoms with E-state index in [1.165, 1.54) is 0 Å². The van der Waals surface area contributed by atoms with E-state index in [9.17, 15) is 10.1 Å². The zero-order valence-electron chi connectivity index (χ0n) is 12.7. The molecule has 4 nitrogen and oxygen atoms in total. The Balaban J connectivity index is 2.06. The molecule has 2 heterocycles. The molecule has 23 heavy (non-hydrogen) atoms. The summed E-state index contributed by atoms with van der Waals surface area (Å²) in [7, 11) is 0. The second kappa shape index (κ2) is 6.29. The molecular weight excluding hydrogens is 286 g/mol. The topological polar surface area (TPSA) is 69.5 Å². The molecule has 3 aromatic rings. The number of aromatic nitrogens is 2. The van der Waals surface area contributed by atoms with E-state index < -0.39 is 0 Å². The van der Waals surface area contributed by atoms with Crippen molar-refractivity contribution in [2.24, 2.45) is 0 Å². The lowest BCUT2D eigenvalue weighted by molar-refractivity contribution is 0.104. The van der Waals surface area contributed by atoms with E-state index in [0.717, 1.165) is 28.5 Å². The first kappa shape index (κ1) is 14.7. The van der Waals surface area contributed by atoms with Crippen LogP contribution in [0.25, 0.3) is 17.0 Å². The number of benzene rings is 1. The van der Waals surface area contributed by atoms with Crippen LogP contribution in [0, 0.1) is 11.3 Å². The molecule has 0 aliphatic rings. The summed E-state index contributed by atoms with van der Waals surface area (Å²) in [6.07, 6.45) is 7.40. The molecule has 3 rings (SSSR count). The van der Waals surface area contributed by atoms with Gasteiger partial charge in [-0.15, -0.1) is 0 Å². The molecule has 0 radical (unpaired) electrons. The molecule has 0 saturated heterocycles. The number of carbonyl (C=O) groups excluding carboxylic acids is 1. The fourth-order valence-electron chi connectivity index (χ4n) is 2.62. The number of aromatic amines is 1. The molecule has 0 bridgehead atoms. The number of pyridine rings is 1. The maximum Gasteiger partial charge on any atom is 0.205 e. The van der Waals surface area contributed by atoms with Crippen molar-refractivity contribution in [1.82, 2.24) is 9.97 Å². The number of carbonyl (C=O) groups is 1. The Hall–Kier alpha value is -3.19. The van der Waals surface area contributed by atoms with E-state index in [1.807, 2.05) is 30.3 Å². The lowest BCUT2D eigenvalue weighted by atomic mass is 10.00.